The molecule has 0 N–H and O–H groups in total. The Kier molecular flexibility index (Phi) is 6.03. The second-order valence-electron chi connectivity index (χ2n) is 6.64. The summed E-state index contributed by atoms with van der Waals surface area (Å²) in [6.07, 6.45) is 1.18. The molecule has 0 radical (unpaired) electrons. The number of aliphatic imine (C=N–C) groups is 1. The van der Waals surface area contributed by atoms with E-state index in [0.29, 0.717) is 6.04 Å². The number of anilines is 1. The molecule has 0 saturated heterocycles. The zero-order chi connectivity index (χ0) is 17.6. The van der Waals surface area contributed by atoms with Crippen molar-refractivity contribution >= 4 is 22.6 Å². The minimum atomic E-state index is 0.305. The first-order valence-corrected chi connectivity index (χ1v) is 9.89. The van der Waals surface area contributed by atoms with Gasteiger partial charge >= 0.3 is 0 Å². The molecule has 0 bridgehead atoms. The van der Waals surface area contributed by atoms with Crippen LogP contribution in [0.15, 0.2) is 59.6 Å². The SMILES string of the molecule is CC(c1ccccc1)N(Cc1ccc(N(C)C)cc1)C1=NCCCS1. The van der Waals surface area contributed by atoms with Crippen LogP contribution in [-0.2, 0) is 6.54 Å². The van der Waals surface area contributed by atoms with E-state index in [0.717, 1.165) is 18.8 Å². The van der Waals surface area contributed by atoms with Crippen LogP contribution in [0.3, 0.4) is 0 Å². The molecule has 25 heavy (non-hydrogen) atoms. The molecule has 1 aliphatic rings. The van der Waals surface area contributed by atoms with E-state index in [9.17, 15) is 0 Å². The number of benzene rings is 2. The molecule has 1 heterocycles. The highest BCUT2D eigenvalue weighted by Crippen LogP contribution is 2.28. The van der Waals surface area contributed by atoms with Gasteiger partial charge in [-0.25, -0.2) is 0 Å². The Morgan fingerprint density at radius 2 is 1.76 bits per heavy atom. The average Bonchev–Trinajstić information content (AvgIpc) is 2.67. The first kappa shape index (κ1) is 17.9. The van der Waals surface area contributed by atoms with E-state index in [2.05, 4.69) is 85.4 Å². The molecule has 1 aliphatic heterocycles. The second-order valence-corrected chi connectivity index (χ2v) is 7.70. The van der Waals surface area contributed by atoms with Gasteiger partial charge in [-0.1, -0.05) is 54.2 Å². The number of rotatable bonds is 5. The lowest BCUT2D eigenvalue weighted by Crippen LogP contribution is -2.33. The first-order chi connectivity index (χ1) is 12.1. The van der Waals surface area contributed by atoms with Gasteiger partial charge in [0.2, 0.25) is 0 Å². The maximum Gasteiger partial charge on any atom is 0.159 e. The van der Waals surface area contributed by atoms with E-state index in [1.165, 1.54) is 28.4 Å². The molecule has 3 rings (SSSR count). The summed E-state index contributed by atoms with van der Waals surface area (Å²) in [5, 5.41) is 1.18. The minimum absolute atomic E-state index is 0.305. The van der Waals surface area contributed by atoms with Gasteiger partial charge in [-0.2, -0.15) is 0 Å². The Bertz CT molecular complexity index is 695. The summed E-state index contributed by atoms with van der Waals surface area (Å²) in [5.41, 5.74) is 3.89. The fourth-order valence-electron chi connectivity index (χ4n) is 3.00. The molecule has 2 aromatic carbocycles. The number of hydrogen-bond donors (Lipinski definition) is 0. The topological polar surface area (TPSA) is 18.8 Å². The monoisotopic (exact) mass is 353 g/mol. The van der Waals surface area contributed by atoms with E-state index in [1.54, 1.807) is 0 Å². The molecule has 0 fully saturated rings. The van der Waals surface area contributed by atoms with Crippen molar-refractivity contribution < 1.29 is 0 Å². The molecule has 1 atom stereocenters. The molecule has 0 spiro atoms. The minimum Gasteiger partial charge on any atom is -0.378 e. The average molecular weight is 354 g/mol. The summed E-state index contributed by atoms with van der Waals surface area (Å²) >= 11 is 1.89. The summed E-state index contributed by atoms with van der Waals surface area (Å²) < 4.78 is 0. The van der Waals surface area contributed by atoms with Crippen LogP contribution in [0, 0.1) is 0 Å². The van der Waals surface area contributed by atoms with E-state index in [-0.39, 0.29) is 0 Å². The molecule has 3 nitrogen and oxygen atoms in total. The van der Waals surface area contributed by atoms with Crippen molar-refractivity contribution in [1.82, 2.24) is 4.90 Å². The predicted molar refractivity (Wildman–Crippen MR) is 111 cm³/mol. The summed E-state index contributed by atoms with van der Waals surface area (Å²) in [6, 6.07) is 19.9. The van der Waals surface area contributed by atoms with Crippen molar-refractivity contribution in [2.45, 2.75) is 25.9 Å². The van der Waals surface area contributed by atoms with Crippen LogP contribution in [0.5, 0.6) is 0 Å². The Labute approximate surface area is 155 Å². The van der Waals surface area contributed by atoms with Crippen LogP contribution in [-0.4, -0.2) is 36.5 Å². The maximum absolute atomic E-state index is 4.82. The molecule has 0 amide bonds. The van der Waals surface area contributed by atoms with Gasteiger partial charge in [0.05, 0.1) is 6.04 Å². The Morgan fingerprint density at radius 1 is 1.04 bits per heavy atom. The van der Waals surface area contributed by atoms with Gasteiger partial charge < -0.3 is 9.80 Å². The predicted octanol–water partition coefficient (Wildman–Crippen LogP) is 4.81. The lowest BCUT2D eigenvalue weighted by atomic mass is 10.1. The van der Waals surface area contributed by atoms with Crippen molar-refractivity contribution in [2.24, 2.45) is 4.99 Å². The molecule has 1 unspecified atom stereocenters. The molecular formula is C21H27N3S. The number of amidine groups is 1. The summed E-state index contributed by atoms with van der Waals surface area (Å²) in [4.78, 5) is 9.40. The van der Waals surface area contributed by atoms with E-state index < -0.39 is 0 Å². The smallest absolute Gasteiger partial charge is 0.159 e. The van der Waals surface area contributed by atoms with Crippen LogP contribution in [0.25, 0.3) is 0 Å². The standard InChI is InChI=1S/C21H27N3S/c1-17(19-8-5-4-6-9-19)24(21-22-14-7-15-25-21)16-18-10-12-20(13-11-18)23(2)3/h4-6,8-13,17H,7,14-16H2,1-3H3. The molecule has 4 heteroatoms. The van der Waals surface area contributed by atoms with Gasteiger partial charge in [-0.15, -0.1) is 0 Å². The van der Waals surface area contributed by atoms with Crippen molar-refractivity contribution in [3.63, 3.8) is 0 Å². The lowest BCUT2D eigenvalue weighted by Gasteiger charge is -2.33. The largest absolute Gasteiger partial charge is 0.378 e. The zero-order valence-corrected chi connectivity index (χ0v) is 16.2. The quantitative estimate of drug-likeness (QED) is 0.769. The van der Waals surface area contributed by atoms with Crippen LogP contribution in [0.1, 0.15) is 30.5 Å². The third kappa shape index (κ3) is 4.57. The molecule has 2 aromatic rings. The van der Waals surface area contributed by atoms with Crippen molar-refractivity contribution in [3.8, 4) is 0 Å². The third-order valence-electron chi connectivity index (χ3n) is 4.58. The van der Waals surface area contributed by atoms with Crippen LogP contribution < -0.4 is 4.90 Å². The van der Waals surface area contributed by atoms with E-state index in [4.69, 9.17) is 4.99 Å². The third-order valence-corrected chi connectivity index (χ3v) is 5.70. The second kappa shape index (κ2) is 8.43. The normalized spacial score (nSPS) is 15.4. The van der Waals surface area contributed by atoms with Gasteiger partial charge in [0.15, 0.2) is 5.17 Å². The lowest BCUT2D eigenvalue weighted by molar-refractivity contribution is 0.334. The van der Waals surface area contributed by atoms with E-state index >= 15 is 0 Å². The Hall–Kier alpha value is -1.94. The Morgan fingerprint density at radius 3 is 2.36 bits per heavy atom. The van der Waals surface area contributed by atoms with Gasteiger partial charge in [0.1, 0.15) is 0 Å². The fraction of sp³-hybridized carbons (Fsp3) is 0.381. The summed E-state index contributed by atoms with van der Waals surface area (Å²) in [7, 11) is 4.15. The highest BCUT2D eigenvalue weighted by atomic mass is 32.2. The summed E-state index contributed by atoms with van der Waals surface area (Å²) in [5.74, 6) is 1.16. The highest BCUT2D eigenvalue weighted by molar-refractivity contribution is 8.13. The fourth-order valence-corrected chi connectivity index (χ4v) is 4.03. The van der Waals surface area contributed by atoms with Gasteiger partial charge in [0, 0.05) is 38.6 Å². The number of hydrogen-bond acceptors (Lipinski definition) is 4. The van der Waals surface area contributed by atoms with Crippen molar-refractivity contribution in [3.05, 3.63) is 65.7 Å². The zero-order valence-electron chi connectivity index (χ0n) is 15.4. The molecule has 0 aromatic heterocycles. The van der Waals surface area contributed by atoms with Crippen LogP contribution in [0.4, 0.5) is 5.69 Å². The van der Waals surface area contributed by atoms with E-state index in [1.807, 2.05) is 11.8 Å². The van der Waals surface area contributed by atoms with Gasteiger partial charge in [-0.05, 0) is 36.6 Å². The van der Waals surface area contributed by atoms with Crippen molar-refractivity contribution in [1.29, 1.82) is 0 Å². The Balaban J connectivity index is 1.84. The van der Waals surface area contributed by atoms with Crippen molar-refractivity contribution in [2.75, 3.05) is 31.3 Å². The highest BCUT2D eigenvalue weighted by Gasteiger charge is 2.22. The first-order valence-electron chi connectivity index (χ1n) is 8.90. The molecule has 0 aliphatic carbocycles. The molecule has 132 valence electrons. The summed E-state index contributed by atoms with van der Waals surface area (Å²) in [6.45, 7) is 4.11. The number of thioether (sulfide) groups is 1. The molecule has 0 saturated carbocycles. The maximum atomic E-state index is 4.82. The van der Waals surface area contributed by atoms with Gasteiger partial charge in [-0.3, -0.25) is 4.99 Å². The number of nitrogens with zero attached hydrogens (tertiary/aromatic N) is 3. The molecular weight excluding hydrogens is 326 g/mol. The van der Waals surface area contributed by atoms with Crippen LogP contribution in [0.2, 0.25) is 0 Å². The van der Waals surface area contributed by atoms with Crippen LogP contribution >= 0.6 is 11.8 Å². The van der Waals surface area contributed by atoms with Gasteiger partial charge in [0.25, 0.3) is 0 Å².